The van der Waals surface area contributed by atoms with Gasteiger partial charge in [-0.3, -0.25) is 77.3 Å². The summed E-state index contributed by atoms with van der Waals surface area (Å²) in [4.78, 5) is 223. The van der Waals surface area contributed by atoms with Gasteiger partial charge in [-0.1, -0.05) is 101 Å². The topological polar surface area (TPSA) is 695 Å². The van der Waals surface area contributed by atoms with E-state index in [0.717, 1.165) is 0 Å². The number of aliphatic hydroxyl groups is 2. The third-order valence-corrected chi connectivity index (χ3v) is 20.7. The third-order valence-electron chi connectivity index (χ3n) is 20.7. The van der Waals surface area contributed by atoms with E-state index in [4.69, 9.17) is 34.1 Å². The number of para-hydroxylation sites is 1. The van der Waals surface area contributed by atoms with E-state index in [1.807, 2.05) is 0 Å². The predicted octanol–water partition coefficient (Wildman–Crippen LogP) is -4.66. The Morgan fingerprint density at radius 3 is 1.56 bits per heavy atom. The molecule has 0 radical (unpaired) electrons. The minimum atomic E-state index is -1.86. The van der Waals surface area contributed by atoms with Crippen LogP contribution in [-0.4, -0.2) is 259 Å². The lowest BCUT2D eigenvalue weighted by atomic mass is 10.0. The van der Waals surface area contributed by atoms with Crippen molar-refractivity contribution in [2.24, 2.45) is 34.6 Å². The SMILES string of the molecule is CCCC[C@H](NC(=O)[C@H](CO)NC(=O)[C@H](Cc1ccc(O)cc1)NC(=O)[C@H](CO)NC(=O)[C@@H](N)CCCCN)C(=O)N[C@@H](CCC(=O)O)C(=O)N[C@@H](Cc1c[nH]cn1)C(=O)N[C@H](Cc1ccccc1)C(=O)N[C@@H](CCCNC(=N)N)C(=O)N[C@@H](Cc1c[nH]c2ccccc12)C(=O)NCC(=O)N[C@@H](CCCCN)C(=O)N1CCC[C@H]1C(=O)N[C@H](C(N)=O)C(C)C. The molecule has 3 aromatic carbocycles. The van der Waals surface area contributed by atoms with E-state index >= 15 is 14.4 Å². The molecule has 13 atom stereocenters. The van der Waals surface area contributed by atoms with Crippen LogP contribution >= 0.6 is 0 Å². The second kappa shape index (κ2) is 51.9. The maximum atomic E-state index is 15.2. The van der Waals surface area contributed by atoms with Gasteiger partial charge in [-0.2, -0.15) is 0 Å². The summed E-state index contributed by atoms with van der Waals surface area (Å²) in [6.07, 6.45) is 4.85. The molecule has 2 aromatic heterocycles. The zero-order chi connectivity index (χ0) is 91.0. The largest absolute Gasteiger partial charge is 0.508 e. The van der Waals surface area contributed by atoms with Crippen molar-refractivity contribution >= 4 is 106 Å². The van der Waals surface area contributed by atoms with Crippen LogP contribution in [-0.2, 0) is 97.6 Å². The number of fused-ring (bicyclic) bond motifs is 1. The molecule has 42 nitrogen and oxygen atoms in total. The molecule has 30 N–H and O–H groups in total. The van der Waals surface area contributed by atoms with Gasteiger partial charge in [0.15, 0.2) is 5.96 Å². The van der Waals surface area contributed by atoms with Crippen LogP contribution in [0.4, 0.5) is 0 Å². The number of carboxylic acid groups (broad SMARTS) is 1. The first-order chi connectivity index (χ1) is 59.3. The Labute approximate surface area is 716 Å². The van der Waals surface area contributed by atoms with E-state index in [2.05, 4.69) is 84.1 Å². The zero-order valence-electron chi connectivity index (χ0n) is 69.9. The minimum absolute atomic E-state index is 0.00881. The molecule has 5 aromatic rings. The summed E-state index contributed by atoms with van der Waals surface area (Å²) in [5, 5.41) is 82.7. The number of aromatic hydroxyl groups is 1. The normalized spacial score (nSPS) is 15.3. The van der Waals surface area contributed by atoms with E-state index in [0.29, 0.717) is 72.7 Å². The first-order valence-electron chi connectivity index (χ1n) is 41.5. The van der Waals surface area contributed by atoms with Gasteiger partial charge in [0.2, 0.25) is 82.7 Å². The molecule has 0 saturated carbocycles. The Morgan fingerprint density at radius 2 is 1.02 bits per heavy atom. The molecule has 0 bridgehead atoms. The van der Waals surface area contributed by atoms with Crippen LogP contribution in [0.25, 0.3) is 10.9 Å². The van der Waals surface area contributed by atoms with Crippen molar-refractivity contribution in [1.82, 2.24) is 89.0 Å². The van der Waals surface area contributed by atoms with Crippen LogP contribution in [0.5, 0.6) is 5.75 Å². The number of phenolic OH excluding ortho intramolecular Hbond substituents is 1. The van der Waals surface area contributed by atoms with Crippen molar-refractivity contribution < 1.29 is 92.3 Å². The van der Waals surface area contributed by atoms with E-state index in [1.54, 1.807) is 81.6 Å². The van der Waals surface area contributed by atoms with Crippen LogP contribution in [0.1, 0.15) is 139 Å². The number of rotatable bonds is 55. The summed E-state index contributed by atoms with van der Waals surface area (Å²) in [5.74, 6) is -15.3. The molecule has 1 aliphatic heterocycles. The molecule has 1 fully saturated rings. The predicted molar refractivity (Wildman–Crippen MR) is 453 cm³/mol. The van der Waals surface area contributed by atoms with Crippen molar-refractivity contribution in [2.45, 2.75) is 221 Å². The quantitative estimate of drug-likeness (QED) is 0.00988. The summed E-state index contributed by atoms with van der Waals surface area (Å²) < 4.78 is 0. The highest BCUT2D eigenvalue weighted by atomic mass is 16.4. The highest BCUT2D eigenvalue weighted by Crippen LogP contribution is 2.23. The molecule has 42 heteroatoms. The second-order valence-electron chi connectivity index (χ2n) is 30.7. The van der Waals surface area contributed by atoms with Gasteiger partial charge < -0.3 is 133 Å². The Morgan fingerprint density at radius 1 is 0.532 bits per heavy atom. The number of benzene rings is 3. The van der Waals surface area contributed by atoms with Crippen LogP contribution in [0.3, 0.4) is 0 Å². The first-order valence-corrected chi connectivity index (χ1v) is 41.5. The van der Waals surface area contributed by atoms with Gasteiger partial charge in [-0.15, -0.1) is 0 Å². The fraction of sp³-hybridized carbons (Fsp3) is 0.524. The summed E-state index contributed by atoms with van der Waals surface area (Å²) in [5.41, 5.74) is 30.8. The van der Waals surface area contributed by atoms with Gasteiger partial charge in [0.05, 0.1) is 37.8 Å². The van der Waals surface area contributed by atoms with Gasteiger partial charge in [0.1, 0.15) is 78.3 Å². The van der Waals surface area contributed by atoms with Gasteiger partial charge in [0.25, 0.3) is 0 Å². The van der Waals surface area contributed by atoms with Gasteiger partial charge in [-0.25, -0.2) is 4.98 Å². The van der Waals surface area contributed by atoms with Crippen LogP contribution in [0.2, 0.25) is 0 Å². The molecule has 14 amide bonds. The summed E-state index contributed by atoms with van der Waals surface area (Å²) >= 11 is 0. The van der Waals surface area contributed by atoms with E-state index in [-0.39, 0.29) is 101 Å². The molecule has 678 valence electrons. The highest BCUT2D eigenvalue weighted by molar-refractivity contribution is 6.01. The molecular formula is C82H121N23O19. The minimum Gasteiger partial charge on any atom is -0.508 e. The van der Waals surface area contributed by atoms with Crippen molar-refractivity contribution in [2.75, 3.05) is 45.9 Å². The average Bonchev–Trinajstić information content (AvgIpc) is 1.67. The number of likely N-dealkylation sites (tertiary alicyclic amines) is 1. The number of aromatic nitrogens is 3. The van der Waals surface area contributed by atoms with Crippen LogP contribution in [0.15, 0.2) is 97.6 Å². The van der Waals surface area contributed by atoms with Gasteiger partial charge >= 0.3 is 5.97 Å². The van der Waals surface area contributed by atoms with Crippen molar-refractivity contribution in [3.63, 3.8) is 0 Å². The average molecular weight is 1730 g/mol. The van der Waals surface area contributed by atoms with E-state index in [1.165, 1.54) is 41.7 Å². The number of amides is 14. The van der Waals surface area contributed by atoms with E-state index < -0.39 is 212 Å². The molecule has 3 heterocycles. The second-order valence-corrected chi connectivity index (χ2v) is 30.7. The fourth-order valence-corrected chi connectivity index (χ4v) is 13.8. The number of nitrogens with two attached hydrogens (primary N) is 5. The number of aliphatic carboxylic acids is 1. The van der Waals surface area contributed by atoms with Crippen LogP contribution in [0, 0.1) is 11.3 Å². The van der Waals surface area contributed by atoms with Gasteiger partial charge in [-0.05, 0) is 125 Å². The number of nitrogens with one attached hydrogen (secondary N) is 16. The molecule has 0 spiro atoms. The highest BCUT2D eigenvalue weighted by Gasteiger charge is 2.41. The summed E-state index contributed by atoms with van der Waals surface area (Å²) in [6, 6.07) is 1.58. The number of hydrogen-bond acceptors (Lipinski definition) is 23. The number of unbranched alkanes of at least 4 members (excludes halogenated alkanes) is 3. The Bertz CT molecular complexity index is 4380. The Kier molecular flexibility index (Phi) is 42.0. The number of nitrogens with zero attached hydrogens (tertiary/aromatic N) is 2. The fourth-order valence-electron chi connectivity index (χ4n) is 13.8. The number of carbonyl (C=O) groups is 15. The van der Waals surface area contributed by atoms with Crippen molar-refractivity contribution in [3.05, 3.63) is 120 Å². The standard InChI is InChI=1S/C82H121N23O19/c1-4-5-21-55(96-78(121)64(44-107)103-76(119)60(37-48-26-28-51(108)29-27-48)99-79(122)63(43-106)102-70(113)53(85)20-11-13-32-83)72(115)97-57(30-31-67(110)111)74(117)101-62(39-50-41-89-45-93-50)77(120)98-59(36-47-17-7-6-8-18-47)75(118)95-56(24-15-34-90-82(87)88)73(116)100-61(38-49-40-91-54-22-10-9-19-52(49)54)71(114)92-42-66(109)94-58(23-12-14-33-84)81(124)105-35-16-25-65(105)80(123)104-68(46(2)3)69(86)112/h6-10,17-19,22,26-29,40-41,45-46,53,55-65,68,91,106-108H,4-5,11-16,20-21,23-25,30-39,42-44,83-85H2,1-3H3,(H2,86,112)(H,89,93)(H,92,114)(H,94,109)(H,95,118)(H,96,121)(H,97,115)(H,98,120)(H,99,122)(H,100,116)(H,101,117)(H,102,113)(H,103,119)(H,104,123)(H,110,111)(H4,87,88,90)/t53-,55-,56-,57-,58-,59+,60-,61-,62-,63-,64-,65-,68-/m0/s1. The number of aliphatic hydroxyl groups excluding tert-OH is 2. The van der Waals surface area contributed by atoms with Crippen LogP contribution < -0.4 is 97.8 Å². The van der Waals surface area contributed by atoms with Crippen molar-refractivity contribution in [1.29, 1.82) is 5.41 Å². The van der Waals surface area contributed by atoms with Gasteiger partial charge in [0, 0.05) is 68.5 Å². The molecule has 0 aliphatic carbocycles. The smallest absolute Gasteiger partial charge is 0.303 e. The molecule has 1 aliphatic rings. The number of aromatic amines is 2. The number of H-pyrrole nitrogens is 2. The van der Waals surface area contributed by atoms with E-state index in [9.17, 15) is 78.0 Å². The maximum Gasteiger partial charge on any atom is 0.303 e. The zero-order valence-corrected chi connectivity index (χ0v) is 69.9. The third kappa shape index (κ3) is 32.9. The summed E-state index contributed by atoms with van der Waals surface area (Å²) in [7, 11) is 0. The monoisotopic (exact) mass is 1730 g/mol. The number of guanidine groups is 1. The summed E-state index contributed by atoms with van der Waals surface area (Å²) in [6.45, 7) is 3.11. The number of phenols is 1. The molecular weight excluding hydrogens is 1610 g/mol. The molecule has 124 heavy (non-hydrogen) atoms. The number of imidazole rings is 1. The molecule has 6 rings (SSSR count). The lowest BCUT2D eigenvalue weighted by Gasteiger charge is -2.30. The van der Waals surface area contributed by atoms with Crippen molar-refractivity contribution in [3.8, 4) is 5.75 Å². The molecule has 0 unspecified atom stereocenters. The molecule has 1 saturated heterocycles. The first kappa shape index (κ1) is 100. The number of carboxylic acids is 1. The maximum absolute atomic E-state index is 15.2. The Hall–Kier alpha value is -12.7. The Balaban J connectivity index is 1.24. The lowest BCUT2D eigenvalue weighted by molar-refractivity contribution is -0.142. The number of primary amides is 1. The number of hydrogen-bond donors (Lipinski definition) is 25. The number of carbonyl (C=O) groups excluding carboxylic acids is 14. The lowest BCUT2D eigenvalue weighted by Crippen LogP contribution is -2.61.